The highest BCUT2D eigenvalue weighted by atomic mass is 16.4. The summed E-state index contributed by atoms with van der Waals surface area (Å²) in [6, 6.07) is 1.40. The summed E-state index contributed by atoms with van der Waals surface area (Å²) in [6.45, 7) is 5.23. The third-order valence-corrected chi connectivity index (χ3v) is 1.89. The van der Waals surface area contributed by atoms with Crippen molar-refractivity contribution in [1.82, 2.24) is 15.4 Å². The quantitative estimate of drug-likeness (QED) is 0.417. The molecule has 0 fully saturated rings. The van der Waals surface area contributed by atoms with Gasteiger partial charge in [-0.1, -0.05) is 19.9 Å². The Labute approximate surface area is 97.6 Å². The highest BCUT2D eigenvalue weighted by molar-refractivity contribution is 5.85. The Morgan fingerprint density at radius 1 is 1.65 bits per heavy atom. The Morgan fingerprint density at radius 2 is 2.35 bits per heavy atom. The van der Waals surface area contributed by atoms with Gasteiger partial charge in [0.05, 0.1) is 0 Å². The van der Waals surface area contributed by atoms with Crippen molar-refractivity contribution in [3.63, 3.8) is 0 Å². The molecule has 0 aliphatic heterocycles. The number of aliphatic carboxylic acids is 1. The van der Waals surface area contributed by atoms with Crippen molar-refractivity contribution in [3.8, 4) is 0 Å². The average molecular weight is 238 g/mol. The molecular formula is C10H14N4O3. The summed E-state index contributed by atoms with van der Waals surface area (Å²) in [5, 5.41) is 8.56. The molecule has 0 amide bonds. The molecule has 0 saturated heterocycles. The number of aromatic amines is 1. The number of carboxylic acids is 1. The van der Waals surface area contributed by atoms with Crippen LogP contribution in [0, 0.1) is 0 Å². The zero-order chi connectivity index (χ0) is 12.8. The van der Waals surface area contributed by atoms with Crippen LogP contribution < -0.4 is 16.4 Å². The van der Waals surface area contributed by atoms with Gasteiger partial charge in [0.15, 0.2) is 0 Å². The minimum absolute atomic E-state index is 0.156. The zero-order valence-electron chi connectivity index (χ0n) is 9.41. The molecule has 0 aliphatic rings. The minimum atomic E-state index is -1.19. The number of rotatable bonds is 6. The lowest BCUT2D eigenvalue weighted by molar-refractivity contribution is -0.133. The third kappa shape index (κ3) is 3.98. The van der Waals surface area contributed by atoms with Gasteiger partial charge in [0.2, 0.25) is 5.95 Å². The zero-order valence-corrected chi connectivity index (χ0v) is 9.41. The lowest BCUT2D eigenvalue weighted by Crippen LogP contribution is -2.27. The van der Waals surface area contributed by atoms with Crippen LogP contribution in [-0.4, -0.2) is 21.0 Å². The second kappa shape index (κ2) is 5.69. The monoisotopic (exact) mass is 238 g/mol. The maximum Gasteiger partial charge on any atom is 0.353 e. The van der Waals surface area contributed by atoms with E-state index in [4.69, 9.17) is 5.11 Å². The average Bonchev–Trinajstić information content (AvgIpc) is 2.25. The maximum absolute atomic E-state index is 11.3. The van der Waals surface area contributed by atoms with Crippen LogP contribution in [0.4, 0.5) is 5.95 Å². The van der Waals surface area contributed by atoms with Gasteiger partial charge in [-0.15, -0.1) is 0 Å². The molecular weight excluding hydrogens is 224 g/mol. The highest BCUT2D eigenvalue weighted by Gasteiger charge is 2.04. The number of hydrogen-bond acceptors (Lipinski definition) is 5. The first-order valence-corrected chi connectivity index (χ1v) is 5.07. The van der Waals surface area contributed by atoms with E-state index in [2.05, 4.69) is 27.4 Å². The Bertz CT molecular complexity index is 481. The van der Waals surface area contributed by atoms with E-state index in [-0.39, 0.29) is 17.2 Å². The fourth-order valence-electron chi connectivity index (χ4n) is 1.14. The van der Waals surface area contributed by atoms with Crippen molar-refractivity contribution >= 4 is 11.9 Å². The molecule has 0 spiro atoms. The van der Waals surface area contributed by atoms with Crippen molar-refractivity contribution in [2.24, 2.45) is 0 Å². The summed E-state index contributed by atoms with van der Waals surface area (Å²) >= 11 is 0. The van der Waals surface area contributed by atoms with E-state index in [0.29, 0.717) is 12.1 Å². The van der Waals surface area contributed by atoms with Crippen molar-refractivity contribution in [3.05, 3.63) is 34.4 Å². The van der Waals surface area contributed by atoms with Gasteiger partial charge in [-0.05, 0) is 6.42 Å². The molecule has 1 aromatic heterocycles. The van der Waals surface area contributed by atoms with E-state index >= 15 is 0 Å². The summed E-state index contributed by atoms with van der Waals surface area (Å²) in [5.74, 6) is -1.03. The molecule has 0 atom stereocenters. The van der Waals surface area contributed by atoms with Crippen LogP contribution >= 0.6 is 0 Å². The van der Waals surface area contributed by atoms with Gasteiger partial charge in [-0.25, -0.2) is 9.78 Å². The summed E-state index contributed by atoms with van der Waals surface area (Å²) in [4.78, 5) is 28.2. The SMILES string of the molecule is C=C(NNc1nc(CCC)cc(=O)[nH]1)C(=O)O. The van der Waals surface area contributed by atoms with Crippen LogP contribution in [0.5, 0.6) is 0 Å². The first-order valence-electron chi connectivity index (χ1n) is 5.07. The molecule has 7 nitrogen and oxygen atoms in total. The Hall–Kier alpha value is -2.31. The maximum atomic E-state index is 11.3. The molecule has 0 aromatic carbocycles. The van der Waals surface area contributed by atoms with Gasteiger partial charge < -0.3 is 5.11 Å². The molecule has 0 bridgehead atoms. The highest BCUT2D eigenvalue weighted by Crippen LogP contribution is 1.99. The van der Waals surface area contributed by atoms with Crippen LogP contribution in [0.3, 0.4) is 0 Å². The molecule has 0 aliphatic carbocycles. The Balaban J connectivity index is 2.74. The second-order valence-corrected chi connectivity index (χ2v) is 3.37. The van der Waals surface area contributed by atoms with Gasteiger partial charge in [-0.3, -0.25) is 20.6 Å². The van der Waals surface area contributed by atoms with Crippen LogP contribution in [-0.2, 0) is 11.2 Å². The number of aromatic nitrogens is 2. The summed E-state index contributed by atoms with van der Waals surface area (Å²) < 4.78 is 0. The molecule has 0 radical (unpaired) electrons. The lowest BCUT2D eigenvalue weighted by Gasteiger charge is -2.08. The molecule has 4 N–H and O–H groups in total. The summed E-state index contributed by atoms with van der Waals surface area (Å²) in [5.41, 5.74) is 4.89. The van der Waals surface area contributed by atoms with Gasteiger partial charge in [0, 0.05) is 11.8 Å². The summed E-state index contributed by atoms with van der Waals surface area (Å²) in [6.07, 6.45) is 1.55. The van der Waals surface area contributed by atoms with E-state index < -0.39 is 5.97 Å². The Kier molecular flexibility index (Phi) is 4.27. The van der Waals surface area contributed by atoms with Gasteiger partial charge in [0.25, 0.3) is 5.56 Å². The topological polar surface area (TPSA) is 107 Å². The second-order valence-electron chi connectivity index (χ2n) is 3.37. The number of hydrazine groups is 1. The first-order chi connectivity index (χ1) is 8.02. The first kappa shape index (κ1) is 12.8. The number of hydrogen-bond donors (Lipinski definition) is 4. The molecule has 17 heavy (non-hydrogen) atoms. The minimum Gasteiger partial charge on any atom is -0.477 e. The van der Waals surface area contributed by atoms with Crippen LogP contribution in [0.15, 0.2) is 23.1 Å². The van der Waals surface area contributed by atoms with E-state index in [9.17, 15) is 9.59 Å². The number of carbonyl (C=O) groups is 1. The van der Waals surface area contributed by atoms with E-state index in [1.807, 2.05) is 6.92 Å². The molecule has 1 heterocycles. The van der Waals surface area contributed by atoms with Gasteiger partial charge in [-0.2, -0.15) is 0 Å². The van der Waals surface area contributed by atoms with Crippen LogP contribution in [0.2, 0.25) is 0 Å². The van der Waals surface area contributed by atoms with Crippen LogP contribution in [0.25, 0.3) is 0 Å². The van der Waals surface area contributed by atoms with E-state index in [1.54, 1.807) is 0 Å². The van der Waals surface area contributed by atoms with E-state index in [0.717, 1.165) is 6.42 Å². The normalized spacial score (nSPS) is 9.71. The van der Waals surface area contributed by atoms with Crippen molar-refractivity contribution in [1.29, 1.82) is 0 Å². The molecule has 0 unspecified atom stereocenters. The van der Waals surface area contributed by atoms with Gasteiger partial charge in [0.1, 0.15) is 5.70 Å². The van der Waals surface area contributed by atoms with Gasteiger partial charge >= 0.3 is 5.97 Å². The van der Waals surface area contributed by atoms with Crippen LogP contribution in [0.1, 0.15) is 19.0 Å². The Morgan fingerprint density at radius 3 is 2.94 bits per heavy atom. The lowest BCUT2D eigenvalue weighted by atomic mass is 10.2. The third-order valence-electron chi connectivity index (χ3n) is 1.89. The molecule has 7 heteroatoms. The molecule has 92 valence electrons. The molecule has 1 rings (SSSR count). The number of anilines is 1. The van der Waals surface area contributed by atoms with Crippen molar-refractivity contribution < 1.29 is 9.90 Å². The smallest absolute Gasteiger partial charge is 0.353 e. The molecule has 0 saturated carbocycles. The van der Waals surface area contributed by atoms with E-state index in [1.165, 1.54) is 6.07 Å². The van der Waals surface area contributed by atoms with Crippen molar-refractivity contribution in [2.45, 2.75) is 19.8 Å². The number of nitrogens with one attached hydrogen (secondary N) is 3. The molecule has 1 aromatic rings. The standard InChI is InChI=1S/C10H14N4O3/c1-3-4-7-5-8(15)12-10(11-7)14-13-6(2)9(16)17/h5,13H,2-4H2,1H3,(H,16,17)(H2,11,12,14,15). The number of carboxylic acid groups (broad SMARTS) is 1. The predicted octanol–water partition coefficient (Wildman–Crippen LogP) is 0.237. The summed E-state index contributed by atoms with van der Waals surface area (Å²) in [7, 11) is 0. The fraction of sp³-hybridized carbons (Fsp3) is 0.300. The largest absolute Gasteiger partial charge is 0.477 e. The fourth-order valence-corrected chi connectivity index (χ4v) is 1.14. The predicted molar refractivity (Wildman–Crippen MR) is 62.4 cm³/mol. The number of aryl methyl sites for hydroxylation is 1. The van der Waals surface area contributed by atoms with Crippen molar-refractivity contribution in [2.75, 3.05) is 5.43 Å². The number of H-pyrrole nitrogens is 1. The number of nitrogens with zero attached hydrogens (tertiary/aromatic N) is 1.